The number of carbonyl (C=O) groups excluding carboxylic acids is 3. The molecular weight excluding hydrogens is 394 g/mol. The molecule has 0 bridgehead atoms. The summed E-state index contributed by atoms with van der Waals surface area (Å²) in [6, 6.07) is 7.89. The summed E-state index contributed by atoms with van der Waals surface area (Å²) in [5.74, 6) is -0.452. The molecule has 0 saturated carbocycles. The van der Waals surface area contributed by atoms with Crippen LogP contribution in [0.25, 0.3) is 10.9 Å². The summed E-state index contributed by atoms with van der Waals surface area (Å²) in [5, 5.41) is 3.96. The lowest BCUT2D eigenvalue weighted by molar-refractivity contribution is -0.116. The van der Waals surface area contributed by atoms with E-state index in [1.165, 1.54) is 12.4 Å². The predicted molar refractivity (Wildman–Crippen MR) is 117 cm³/mol. The van der Waals surface area contributed by atoms with Gasteiger partial charge in [-0.3, -0.25) is 19.3 Å². The van der Waals surface area contributed by atoms with Crippen LogP contribution >= 0.6 is 0 Å². The van der Waals surface area contributed by atoms with Crippen molar-refractivity contribution < 1.29 is 14.4 Å². The molecule has 0 fully saturated rings. The summed E-state index contributed by atoms with van der Waals surface area (Å²) >= 11 is 0. The van der Waals surface area contributed by atoms with Crippen molar-refractivity contribution in [1.29, 1.82) is 0 Å². The summed E-state index contributed by atoms with van der Waals surface area (Å²) in [5.41, 5.74) is 2.00. The number of anilines is 1. The molecule has 2 aromatic heterocycles. The van der Waals surface area contributed by atoms with E-state index in [2.05, 4.69) is 39.8 Å². The Bertz CT molecular complexity index is 1120. The van der Waals surface area contributed by atoms with Gasteiger partial charge in [-0.1, -0.05) is 19.9 Å². The standard InChI is InChI=1S/C23H25N5O3/c1-15(2)8-13-27-14-9-16-17(5-3-6-18(16)27)26-19(29)7-4-12-28-22(30)20-21(23(28)31)25-11-10-24-20/h3,5-6,9-11,14-15H,4,7-8,12-13H2,1-2H3,(H,26,29). The number of hydrogen-bond donors (Lipinski definition) is 1. The average Bonchev–Trinajstić information content (AvgIpc) is 3.28. The van der Waals surface area contributed by atoms with Gasteiger partial charge in [0.15, 0.2) is 11.4 Å². The minimum atomic E-state index is -0.457. The van der Waals surface area contributed by atoms with Gasteiger partial charge in [0.1, 0.15) is 0 Å². The molecule has 8 nitrogen and oxygen atoms in total. The Balaban J connectivity index is 1.35. The Morgan fingerprint density at radius 1 is 1.03 bits per heavy atom. The Morgan fingerprint density at radius 3 is 2.42 bits per heavy atom. The highest BCUT2D eigenvalue weighted by atomic mass is 16.2. The van der Waals surface area contributed by atoms with Gasteiger partial charge in [0.25, 0.3) is 11.8 Å². The molecule has 8 heteroatoms. The molecule has 0 aliphatic carbocycles. The number of fused-ring (bicyclic) bond motifs is 2. The van der Waals surface area contributed by atoms with E-state index in [0.29, 0.717) is 12.3 Å². The highest BCUT2D eigenvalue weighted by Gasteiger charge is 2.37. The smallest absolute Gasteiger partial charge is 0.281 e. The van der Waals surface area contributed by atoms with Gasteiger partial charge >= 0.3 is 0 Å². The molecule has 4 rings (SSSR count). The van der Waals surface area contributed by atoms with Gasteiger partial charge in [0.05, 0.1) is 11.2 Å². The van der Waals surface area contributed by atoms with Crippen molar-refractivity contribution in [2.75, 3.05) is 11.9 Å². The Kier molecular flexibility index (Phi) is 5.79. The van der Waals surface area contributed by atoms with Gasteiger partial charge in [-0.05, 0) is 37.0 Å². The number of hydrogen-bond acceptors (Lipinski definition) is 5. The number of benzene rings is 1. The second-order valence-electron chi connectivity index (χ2n) is 8.10. The van der Waals surface area contributed by atoms with Crippen molar-refractivity contribution >= 4 is 34.3 Å². The fourth-order valence-corrected chi connectivity index (χ4v) is 3.74. The van der Waals surface area contributed by atoms with Crippen molar-refractivity contribution in [3.8, 4) is 0 Å². The molecule has 3 aromatic rings. The molecule has 3 heterocycles. The number of nitrogens with one attached hydrogen (secondary N) is 1. The fraction of sp³-hybridized carbons (Fsp3) is 0.348. The zero-order chi connectivity index (χ0) is 22.0. The first kappa shape index (κ1) is 20.7. The van der Waals surface area contributed by atoms with Gasteiger partial charge in [0, 0.05) is 43.5 Å². The first-order valence-electron chi connectivity index (χ1n) is 10.5. The highest BCUT2D eigenvalue weighted by Crippen LogP contribution is 2.25. The number of aromatic nitrogens is 3. The first-order chi connectivity index (χ1) is 15.0. The normalized spacial score (nSPS) is 13.3. The highest BCUT2D eigenvalue weighted by molar-refractivity contribution is 6.19. The van der Waals surface area contributed by atoms with Crippen LogP contribution in [0.2, 0.25) is 0 Å². The summed E-state index contributed by atoms with van der Waals surface area (Å²) in [7, 11) is 0. The number of nitrogens with zero attached hydrogens (tertiary/aromatic N) is 4. The van der Waals surface area contributed by atoms with E-state index in [9.17, 15) is 14.4 Å². The van der Waals surface area contributed by atoms with E-state index >= 15 is 0 Å². The van der Waals surface area contributed by atoms with Crippen LogP contribution in [0, 0.1) is 5.92 Å². The van der Waals surface area contributed by atoms with E-state index in [0.717, 1.165) is 34.5 Å². The van der Waals surface area contributed by atoms with Gasteiger partial charge < -0.3 is 9.88 Å². The third-order valence-electron chi connectivity index (χ3n) is 5.41. The van der Waals surface area contributed by atoms with Crippen molar-refractivity contribution in [3.05, 3.63) is 54.2 Å². The molecule has 0 spiro atoms. The number of aryl methyl sites for hydroxylation is 1. The number of amides is 3. The van der Waals surface area contributed by atoms with Gasteiger partial charge in [-0.25, -0.2) is 9.97 Å². The third kappa shape index (κ3) is 4.19. The minimum absolute atomic E-state index is 0.0746. The monoisotopic (exact) mass is 419 g/mol. The molecule has 0 atom stereocenters. The van der Waals surface area contributed by atoms with Crippen molar-refractivity contribution in [2.45, 2.75) is 39.7 Å². The van der Waals surface area contributed by atoms with E-state index in [1.54, 1.807) is 0 Å². The first-order valence-corrected chi connectivity index (χ1v) is 10.5. The van der Waals surface area contributed by atoms with Crippen LogP contribution in [0.3, 0.4) is 0 Å². The average molecular weight is 419 g/mol. The lowest BCUT2D eigenvalue weighted by Gasteiger charge is -2.13. The molecule has 31 heavy (non-hydrogen) atoms. The largest absolute Gasteiger partial charge is 0.347 e. The van der Waals surface area contributed by atoms with E-state index in [1.807, 2.05) is 24.4 Å². The molecule has 160 valence electrons. The fourth-order valence-electron chi connectivity index (χ4n) is 3.74. The maximum Gasteiger partial charge on any atom is 0.281 e. The Labute approximate surface area is 180 Å². The zero-order valence-corrected chi connectivity index (χ0v) is 17.7. The summed E-state index contributed by atoms with van der Waals surface area (Å²) in [6.45, 7) is 5.49. The third-order valence-corrected chi connectivity index (χ3v) is 5.41. The van der Waals surface area contributed by atoms with E-state index in [-0.39, 0.29) is 30.3 Å². The van der Waals surface area contributed by atoms with Crippen molar-refractivity contribution in [2.24, 2.45) is 5.92 Å². The van der Waals surface area contributed by atoms with Crippen molar-refractivity contribution in [1.82, 2.24) is 19.4 Å². The number of carbonyl (C=O) groups is 3. The quantitative estimate of drug-likeness (QED) is 0.564. The van der Waals surface area contributed by atoms with Crippen LogP contribution in [0.15, 0.2) is 42.9 Å². The van der Waals surface area contributed by atoms with Crippen LogP contribution in [0.1, 0.15) is 54.1 Å². The van der Waals surface area contributed by atoms with Crippen LogP contribution in [0.4, 0.5) is 5.69 Å². The predicted octanol–water partition coefficient (Wildman–Crippen LogP) is 3.49. The molecular formula is C23H25N5O3. The van der Waals surface area contributed by atoms with E-state index in [4.69, 9.17) is 0 Å². The van der Waals surface area contributed by atoms with Crippen LogP contribution in [-0.4, -0.2) is 43.7 Å². The zero-order valence-electron chi connectivity index (χ0n) is 17.7. The molecule has 1 N–H and O–H groups in total. The van der Waals surface area contributed by atoms with Crippen molar-refractivity contribution in [3.63, 3.8) is 0 Å². The number of imide groups is 1. The SMILES string of the molecule is CC(C)CCn1ccc2c(NC(=O)CCCN3C(=O)c4nccnc4C3=O)cccc21. The minimum Gasteiger partial charge on any atom is -0.347 e. The van der Waals surface area contributed by atoms with Gasteiger partial charge in [-0.2, -0.15) is 0 Å². The van der Waals surface area contributed by atoms with Crippen LogP contribution in [0.5, 0.6) is 0 Å². The molecule has 1 aliphatic heterocycles. The molecule has 1 aromatic carbocycles. The van der Waals surface area contributed by atoms with Crippen LogP contribution < -0.4 is 5.32 Å². The van der Waals surface area contributed by atoms with Gasteiger partial charge in [0.2, 0.25) is 5.91 Å². The summed E-state index contributed by atoms with van der Waals surface area (Å²) in [4.78, 5) is 46.1. The molecule has 3 amide bonds. The summed E-state index contributed by atoms with van der Waals surface area (Å²) in [6.07, 6.45) is 6.47. The molecule has 0 unspecified atom stereocenters. The van der Waals surface area contributed by atoms with Crippen LogP contribution in [-0.2, 0) is 11.3 Å². The second kappa shape index (κ2) is 8.67. The maximum absolute atomic E-state index is 12.5. The van der Waals surface area contributed by atoms with Gasteiger partial charge in [-0.15, -0.1) is 0 Å². The Morgan fingerprint density at radius 2 is 1.74 bits per heavy atom. The molecule has 0 radical (unpaired) electrons. The lowest BCUT2D eigenvalue weighted by atomic mass is 10.1. The van der Waals surface area contributed by atoms with E-state index < -0.39 is 11.8 Å². The second-order valence-corrected chi connectivity index (χ2v) is 8.10. The molecule has 0 saturated heterocycles. The molecule has 1 aliphatic rings. The summed E-state index contributed by atoms with van der Waals surface area (Å²) < 4.78 is 2.20. The maximum atomic E-state index is 12.5. The number of rotatable bonds is 8. The lowest BCUT2D eigenvalue weighted by Crippen LogP contribution is -2.31. The topological polar surface area (TPSA) is 97.2 Å². The Hall–Kier alpha value is -3.55.